The molecule has 1 aromatic heterocycles. The van der Waals surface area contributed by atoms with Crippen LogP contribution >= 0.6 is 0 Å². The van der Waals surface area contributed by atoms with Crippen molar-refractivity contribution < 1.29 is 9.47 Å². The van der Waals surface area contributed by atoms with Gasteiger partial charge in [-0.3, -0.25) is 0 Å². The van der Waals surface area contributed by atoms with Crippen LogP contribution in [0.3, 0.4) is 0 Å². The SMILES string of the molecule is CC1=Cc2c(-c3ccc4c(c3)c3ccccc3n4C)cccc2C1[Si](C)(CCCCCCOC(C)(C)C)C1C=C(CCCCCCOC(C)(C)C)c2ccccc21. The molecule has 0 saturated heterocycles. The summed E-state index contributed by atoms with van der Waals surface area (Å²) in [4.78, 5) is 0. The first-order chi connectivity index (χ1) is 27.2. The Morgan fingerprint density at radius 2 is 1.25 bits per heavy atom. The molecule has 7 rings (SSSR count). The smallest absolute Gasteiger partial charge is 0.0748 e. The Balaban J connectivity index is 1.19. The zero-order valence-electron chi connectivity index (χ0n) is 36.6. The fourth-order valence-corrected chi connectivity index (χ4v) is 15.8. The lowest BCUT2D eigenvalue weighted by Crippen LogP contribution is -2.44. The summed E-state index contributed by atoms with van der Waals surface area (Å²) in [6.45, 7) is 19.9. The monoisotopic (exact) mass is 780 g/mol. The van der Waals surface area contributed by atoms with E-state index in [1.807, 2.05) is 0 Å². The molecular formula is C53H69NO2Si. The first-order valence-electron chi connectivity index (χ1n) is 22.1. The second kappa shape index (κ2) is 17.3. The van der Waals surface area contributed by atoms with Gasteiger partial charge in [-0.05, 0) is 137 Å². The fourth-order valence-electron chi connectivity index (χ4n) is 10.2. The van der Waals surface area contributed by atoms with Gasteiger partial charge in [0.25, 0.3) is 0 Å². The summed E-state index contributed by atoms with van der Waals surface area (Å²) in [7, 11) is 0.124. The van der Waals surface area contributed by atoms with Gasteiger partial charge in [-0.1, -0.05) is 129 Å². The summed E-state index contributed by atoms with van der Waals surface area (Å²) in [6.07, 6.45) is 16.3. The van der Waals surface area contributed by atoms with Crippen LogP contribution in [-0.4, -0.2) is 37.1 Å². The molecule has 5 aromatic rings. The summed E-state index contributed by atoms with van der Waals surface area (Å²) in [5.74, 6) is 0. The number of para-hydroxylation sites is 1. The Labute approximate surface area is 345 Å². The van der Waals surface area contributed by atoms with Gasteiger partial charge >= 0.3 is 0 Å². The van der Waals surface area contributed by atoms with Crippen molar-refractivity contribution in [3.8, 4) is 11.1 Å². The predicted octanol–water partition coefficient (Wildman–Crippen LogP) is 15.0. The number of unbranched alkanes of at least 4 members (excludes halogenated alkanes) is 6. The average Bonchev–Trinajstić information content (AvgIpc) is 3.82. The molecule has 0 aliphatic heterocycles. The molecule has 2 aliphatic rings. The zero-order chi connectivity index (χ0) is 40.4. The fraction of sp³-hybridized carbons (Fsp3) is 0.472. The van der Waals surface area contributed by atoms with Crippen LogP contribution in [0.5, 0.6) is 0 Å². The molecule has 4 heteroatoms. The zero-order valence-corrected chi connectivity index (χ0v) is 37.6. The van der Waals surface area contributed by atoms with Crippen molar-refractivity contribution in [3.63, 3.8) is 0 Å². The van der Waals surface area contributed by atoms with E-state index < -0.39 is 8.07 Å². The Morgan fingerprint density at radius 1 is 0.632 bits per heavy atom. The maximum Gasteiger partial charge on any atom is 0.0748 e. The van der Waals surface area contributed by atoms with E-state index in [1.54, 1.807) is 22.3 Å². The van der Waals surface area contributed by atoms with Crippen LogP contribution in [-0.2, 0) is 16.5 Å². The molecule has 0 bridgehead atoms. The number of rotatable bonds is 17. The van der Waals surface area contributed by atoms with E-state index in [0.717, 1.165) is 26.1 Å². The number of allylic oxidation sites excluding steroid dienone is 3. The molecule has 1 heterocycles. The van der Waals surface area contributed by atoms with Crippen molar-refractivity contribution in [2.24, 2.45) is 7.05 Å². The molecule has 0 amide bonds. The van der Waals surface area contributed by atoms with Crippen LogP contribution in [0, 0.1) is 0 Å². The molecule has 0 fully saturated rings. The lowest BCUT2D eigenvalue weighted by Gasteiger charge is -2.41. The third-order valence-electron chi connectivity index (χ3n) is 12.9. The van der Waals surface area contributed by atoms with Gasteiger partial charge in [0.2, 0.25) is 0 Å². The van der Waals surface area contributed by atoms with Gasteiger partial charge in [-0.2, -0.15) is 0 Å². The van der Waals surface area contributed by atoms with Crippen LogP contribution in [0.25, 0.3) is 44.6 Å². The van der Waals surface area contributed by atoms with Crippen LogP contribution in [0.15, 0.2) is 96.6 Å². The van der Waals surface area contributed by atoms with Gasteiger partial charge in [0.15, 0.2) is 0 Å². The third-order valence-corrected chi connectivity index (χ3v) is 18.3. The van der Waals surface area contributed by atoms with Crippen molar-refractivity contribution in [3.05, 3.63) is 119 Å². The number of fused-ring (bicyclic) bond motifs is 5. The molecular weight excluding hydrogens is 711 g/mol. The van der Waals surface area contributed by atoms with Crippen molar-refractivity contribution in [1.82, 2.24) is 4.57 Å². The number of aryl methyl sites for hydroxylation is 1. The van der Waals surface area contributed by atoms with Crippen molar-refractivity contribution >= 4 is 41.5 Å². The van der Waals surface area contributed by atoms with Crippen molar-refractivity contribution in [2.45, 2.75) is 141 Å². The number of aromatic nitrogens is 1. The van der Waals surface area contributed by atoms with Gasteiger partial charge in [0.1, 0.15) is 0 Å². The molecule has 3 atom stereocenters. The molecule has 0 saturated carbocycles. The van der Waals surface area contributed by atoms with E-state index in [9.17, 15) is 0 Å². The van der Waals surface area contributed by atoms with E-state index in [4.69, 9.17) is 9.47 Å². The lowest BCUT2D eigenvalue weighted by molar-refractivity contribution is -0.00508. The third kappa shape index (κ3) is 9.14. The van der Waals surface area contributed by atoms with Crippen molar-refractivity contribution in [1.29, 1.82) is 0 Å². The quantitative estimate of drug-likeness (QED) is 0.0693. The number of nitrogens with zero attached hydrogens (tertiary/aromatic N) is 1. The minimum absolute atomic E-state index is 0.0503. The number of hydrogen-bond donors (Lipinski definition) is 0. The highest BCUT2D eigenvalue weighted by Crippen LogP contribution is 2.55. The van der Waals surface area contributed by atoms with Gasteiger partial charge in [0.05, 0.1) is 19.3 Å². The number of ether oxygens (including phenoxy) is 2. The van der Waals surface area contributed by atoms with Gasteiger partial charge in [0, 0.05) is 47.6 Å². The minimum Gasteiger partial charge on any atom is -0.376 e. The molecule has 57 heavy (non-hydrogen) atoms. The number of hydrogen-bond acceptors (Lipinski definition) is 2. The Bertz CT molecular complexity index is 2240. The molecule has 0 spiro atoms. The minimum atomic E-state index is -2.07. The maximum atomic E-state index is 6.10. The van der Waals surface area contributed by atoms with Crippen molar-refractivity contribution in [2.75, 3.05) is 13.2 Å². The molecule has 3 unspecified atom stereocenters. The first-order valence-corrected chi connectivity index (χ1v) is 25.0. The van der Waals surface area contributed by atoms with E-state index in [2.05, 4.69) is 164 Å². The van der Waals surface area contributed by atoms with E-state index in [0.29, 0.717) is 11.1 Å². The molecule has 0 N–H and O–H groups in total. The number of benzene rings is 4. The van der Waals surface area contributed by atoms with Gasteiger partial charge < -0.3 is 14.0 Å². The van der Waals surface area contributed by atoms with E-state index >= 15 is 0 Å². The Morgan fingerprint density at radius 3 is 1.98 bits per heavy atom. The molecule has 4 aromatic carbocycles. The second-order valence-corrected chi connectivity index (χ2v) is 24.2. The van der Waals surface area contributed by atoms with Gasteiger partial charge in [-0.15, -0.1) is 0 Å². The van der Waals surface area contributed by atoms with Crippen LogP contribution < -0.4 is 0 Å². The highest BCUT2D eigenvalue weighted by atomic mass is 28.3. The molecule has 2 aliphatic carbocycles. The van der Waals surface area contributed by atoms with Gasteiger partial charge in [-0.25, -0.2) is 0 Å². The topological polar surface area (TPSA) is 23.4 Å². The molecule has 3 nitrogen and oxygen atoms in total. The summed E-state index contributed by atoms with van der Waals surface area (Å²) in [5.41, 5.74) is 15.4. The summed E-state index contributed by atoms with van der Waals surface area (Å²) < 4.78 is 14.4. The second-order valence-electron chi connectivity index (χ2n) is 19.5. The lowest BCUT2D eigenvalue weighted by atomic mass is 9.96. The van der Waals surface area contributed by atoms with E-state index in [1.165, 1.54) is 95.0 Å². The predicted molar refractivity (Wildman–Crippen MR) is 249 cm³/mol. The normalized spacial score (nSPS) is 17.8. The Kier molecular flexibility index (Phi) is 12.6. The average molecular weight is 780 g/mol. The highest BCUT2D eigenvalue weighted by molar-refractivity contribution is 6.82. The standard InChI is InChI=1S/C53H69NO2Si/c1-38-35-46-42(40-30-31-49-47(36-40)43-25-17-18-29-48(43)54(49)8)27-22-28-45(46)51(38)57(9,34-21-13-12-20-33-56-53(5,6)7)50-37-39(41-24-15-16-26-44(41)50)23-14-10-11-19-32-55-52(2,3)4/h15-18,22,24-31,35-37,50-51H,10-14,19-21,23,32-34H2,1-9H3. The highest BCUT2D eigenvalue weighted by Gasteiger charge is 2.48. The van der Waals surface area contributed by atoms with Crippen LogP contribution in [0.2, 0.25) is 12.6 Å². The van der Waals surface area contributed by atoms with Crippen LogP contribution in [0.4, 0.5) is 0 Å². The summed E-state index contributed by atoms with van der Waals surface area (Å²) >= 11 is 0. The first kappa shape index (κ1) is 41.5. The molecule has 302 valence electrons. The largest absolute Gasteiger partial charge is 0.376 e. The van der Waals surface area contributed by atoms with Crippen LogP contribution in [0.1, 0.15) is 140 Å². The Hall–Kier alpha value is -3.70. The maximum absolute atomic E-state index is 6.10. The summed E-state index contributed by atoms with van der Waals surface area (Å²) in [5, 5.41) is 2.67. The summed E-state index contributed by atoms with van der Waals surface area (Å²) in [6, 6.07) is 34.0. The van der Waals surface area contributed by atoms with E-state index in [-0.39, 0.29) is 11.2 Å². The molecule has 0 radical (unpaired) electrons.